The number of carbonyl (C=O) groups excluding carboxylic acids is 2. The van der Waals surface area contributed by atoms with E-state index < -0.39 is 0 Å². The summed E-state index contributed by atoms with van der Waals surface area (Å²) in [6.07, 6.45) is 5.65. The molecule has 1 aromatic rings. The van der Waals surface area contributed by atoms with Crippen LogP contribution in [0.4, 0.5) is 0 Å². The maximum Gasteiger partial charge on any atom is 0.253 e. The molecule has 1 saturated carbocycles. The summed E-state index contributed by atoms with van der Waals surface area (Å²) in [5.74, 6) is 1.30. The van der Waals surface area contributed by atoms with Gasteiger partial charge in [0.2, 0.25) is 5.91 Å². The van der Waals surface area contributed by atoms with Crippen molar-refractivity contribution in [3.8, 4) is 5.75 Å². The average molecular weight is 373 g/mol. The Labute approximate surface area is 162 Å². The largest absolute Gasteiger partial charge is 0.488 e. The summed E-state index contributed by atoms with van der Waals surface area (Å²) in [7, 11) is 0. The Balaban J connectivity index is 1.53. The van der Waals surface area contributed by atoms with E-state index in [0.717, 1.165) is 18.6 Å². The molecule has 0 atom stereocenters. The van der Waals surface area contributed by atoms with Crippen molar-refractivity contribution in [1.82, 2.24) is 9.80 Å². The van der Waals surface area contributed by atoms with Crippen LogP contribution in [0.3, 0.4) is 0 Å². The molecule has 5 nitrogen and oxygen atoms in total. The van der Waals surface area contributed by atoms with Gasteiger partial charge in [-0.3, -0.25) is 9.59 Å². The monoisotopic (exact) mass is 372 g/mol. The molecule has 5 heteroatoms. The van der Waals surface area contributed by atoms with Gasteiger partial charge in [-0.15, -0.1) is 0 Å². The second kappa shape index (κ2) is 8.32. The van der Waals surface area contributed by atoms with Crippen LogP contribution in [0.25, 0.3) is 0 Å². The molecule has 0 N–H and O–H groups in total. The molecular weight excluding hydrogens is 340 g/mol. The van der Waals surface area contributed by atoms with Gasteiger partial charge in [0.15, 0.2) is 0 Å². The lowest BCUT2D eigenvalue weighted by molar-refractivity contribution is -0.138. The predicted octanol–water partition coefficient (Wildman–Crippen LogP) is 3.73. The fourth-order valence-corrected chi connectivity index (χ4v) is 3.94. The van der Waals surface area contributed by atoms with Crippen molar-refractivity contribution in [1.29, 1.82) is 0 Å². The zero-order chi connectivity index (χ0) is 19.4. The van der Waals surface area contributed by atoms with Gasteiger partial charge in [0, 0.05) is 37.7 Å². The molecule has 1 heterocycles. The zero-order valence-corrected chi connectivity index (χ0v) is 16.9. The Morgan fingerprint density at radius 1 is 0.889 bits per heavy atom. The second-order valence-electron chi connectivity index (χ2n) is 8.69. The number of hydrogen-bond acceptors (Lipinski definition) is 3. The molecule has 1 aliphatic heterocycles. The first-order chi connectivity index (χ1) is 12.8. The average Bonchev–Trinajstić information content (AvgIpc) is 2.67. The van der Waals surface area contributed by atoms with E-state index in [4.69, 9.17) is 4.74 Å². The Morgan fingerprint density at radius 2 is 1.44 bits per heavy atom. The van der Waals surface area contributed by atoms with Crippen molar-refractivity contribution in [2.75, 3.05) is 26.2 Å². The molecule has 0 bridgehead atoms. The number of rotatable bonds is 3. The number of ether oxygens (including phenoxy) is 1. The molecule has 27 heavy (non-hydrogen) atoms. The van der Waals surface area contributed by atoms with E-state index in [1.807, 2.05) is 54.8 Å². The molecule has 0 unspecified atom stereocenters. The van der Waals surface area contributed by atoms with Crippen molar-refractivity contribution in [3.63, 3.8) is 0 Å². The fraction of sp³-hybridized carbons (Fsp3) is 0.636. The predicted molar refractivity (Wildman–Crippen MR) is 106 cm³/mol. The van der Waals surface area contributed by atoms with Gasteiger partial charge >= 0.3 is 0 Å². The Hall–Kier alpha value is -2.04. The van der Waals surface area contributed by atoms with E-state index in [2.05, 4.69) is 0 Å². The minimum absolute atomic E-state index is 0.0297. The molecule has 0 radical (unpaired) electrons. The minimum Gasteiger partial charge on any atom is -0.488 e. The normalized spacial score (nSPS) is 19.1. The van der Waals surface area contributed by atoms with Gasteiger partial charge in [-0.25, -0.2) is 0 Å². The van der Waals surface area contributed by atoms with Crippen LogP contribution in [-0.4, -0.2) is 53.4 Å². The summed E-state index contributed by atoms with van der Waals surface area (Å²) in [6, 6.07) is 7.34. The van der Waals surface area contributed by atoms with Crippen molar-refractivity contribution < 1.29 is 14.3 Å². The maximum absolute atomic E-state index is 12.8. The summed E-state index contributed by atoms with van der Waals surface area (Å²) in [6.45, 7) is 8.51. The number of nitrogens with zero attached hydrogens (tertiary/aromatic N) is 2. The number of carbonyl (C=O) groups is 2. The van der Waals surface area contributed by atoms with Crippen LogP contribution in [0.5, 0.6) is 5.75 Å². The molecule has 0 aromatic heterocycles. The van der Waals surface area contributed by atoms with Gasteiger partial charge < -0.3 is 14.5 Å². The van der Waals surface area contributed by atoms with E-state index >= 15 is 0 Å². The Bertz CT molecular complexity index is 649. The first-order valence-electron chi connectivity index (χ1n) is 10.2. The standard InChI is InChI=1S/C22H32N2O3/c1-22(2,3)27-19-11-9-18(10-12-19)21(26)24-15-13-23(14-16-24)20(25)17-7-5-4-6-8-17/h9-12,17H,4-8,13-16H2,1-3H3. The quantitative estimate of drug-likeness (QED) is 0.812. The third-order valence-electron chi connectivity index (χ3n) is 5.36. The van der Waals surface area contributed by atoms with Gasteiger partial charge in [0.25, 0.3) is 5.91 Å². The molecule has 2 amide bonds. The highest BCUT2D eigenvalue weighted by molar-refractivity contribution is 5.94. The van der Waals surface area contributed by atoms with Crippen LogP contribution in [-0.2, 0) is 4.79 Å². The Kier molecular flexibility index (Phi) is 6.08. The number of benzene rings is 1. The van der Waals surface area contributed by atoms with Crippen LogP contribution in [0.15, 0.2) is 24.3 Å². The SMILES string of the molecule is CC(C)(C)Oc1ccc(C(=O)N2CCN(C(=O)C3CCCCC3)CC2)cc1. The minimum atomic E-state index is -0.257. The van der Waals surface area contributed by atoms with Crippen LogP contribution >= 0.6 is 0 Å². The van der Waals surface area contributed by atoms with E-state index in [9.17, 15) is 9.59 Å². The maximum atomic E-state index is 12.8. The molecular formula is C22H32N2O3. The van der Waals surface area contributed by atoms with Crippen LogP contribution in [0.2, 0.25) is 0 Å². The van der Waals surface area contributed by atoms with Crippen molar-refractivity contribution >= 4 is 11.8 Å². The molecule has 3 rings (SSSR count). The van der Waals surface area contributed by atoms with E-state index in [1.165, 1.54) is 19.3 Å². The summed E-state index contributed by atoms with van der Waals surface area (Å²) < 4.78 is 5.81. The van der Waals surface area contributed by atoms with E-state index in [-0.39, 0.29) is 17.4 Å². The van der Waals surface area contributed by atoms with Gasteiger partial charge in [-0.2, -0.15) is 0 Å². The number of piperazine rings is 1. The summed E-state index contributed by atoms with van der Waals surface area (Å²) >= 11 is 0. The third-order valence-corrected chi connectivity index (χ3v) is 5.36. The lowest BCUT2D eigenvalue weighted by Crippen LogP contribution is -2.52. The van der Waals surface area contributed by atoms with Crippen molar-refractivity contribution in [3.05, 3.63) is 29.8 Å². The second-order valence-corrected chi connectivity index (χ2v) is 8.69. The lowest BCUT2D eigenvalue weighted by atomic mass is 9.88. The first-order valence-corrected chi connectivity index (χ1v) is 10.2. The summed E-state index contributed by atoms with van der Waals surface area (Å²) in [5.41, 5.74) is 0.413. The van der Waals surface area contributed by atoms with Gasteiger partial charge in [-0.1, -0.05) is 19.3 Å². The summed E-state index contributed by atoms with van der Waals surface area (Å²) in [5, 5.41) is 0. The van der Waals surface area contributed by atoms with Crippen molar-refractivity contribution in [2.24, 2.45) is 5.92 Å². The van der Waals surface area contributed by atoms with E-state index in [1.54, 1.807) is 0 Å². The fourth-order valence-electron chi connectivity index (χ4n) is 3.94. The highest BCUT2D eigenvalue weighted by atomic mass is 16.5. The molecule has 1 saturated heterocycles. The molecule has 1 aromatic carbocycles. The lowest BCUT2D eigenvalue weighted by Gasteiger charge is -2.37. The van der Waals surface area contributed by atoms with E-state index in [0.29, 0.717) is 37.6 Å². The van der Waals surface area contributed by atoms with Gasteiger partial charge in [0.05, 0.1) is 0 Å². The Morgan fingerprint density at radius 3 is 2.00 bits per heavy atom. The van der Waals surface area contributed by atoms with Gasteiger partial charge in [0.1, 0.15) is 11.4 Å². The smallest absolute Gasteiger partial charge is 0.253 e. The number of amides is 2. The highest BCUT2D eigenvalue weighted by Crippen LogP contribution is 2.26. The first kappa shape index (κ1) is 19.7. The number of hydrogen-bond donors (Lipinski definition) is 0. The topological polar surface area (TPSA) is 49.9 Å². The van der Waals surface area contributed by atoms with Crippen LogP contribution < -0.4 is 4.74 Å². The molecule has 2 aliphatic rings. The third kappa shape index (κ3) is 5.24. The zero-order valence-electron chi connectivity index (χ0n) is 16.9. The molecule has 2 fully saturated rings. The molecule has 1 aliphatic carbocycles. The van der Waals surface area contributed by atoms with Crippen LogP contribution in [0.1, 0.15) is 63.2 Å². The molecule has 148 valence electrons. The van der Waals surface area contributed by atoms with Crippen LogP contribution in [0, 0.1) is 5.92 Å². The van der Waals surface area contributed by atoms with Crippen molar-refractivity contribution in [2.45, 2.75) is 58.5 Å². The van der Waals surface area contributed by atoms with Gasteiger partial charge in [-0.05, 0) is 57.9 Å². The molecule has 0 spiro atoms. The summed E-state index contributed by atoms with van der Waals surface area (Å²) in [4.78, 5) is 29.2. The highest BCUT2D eigenvalue weighted by Gasteiger charge is 2.30.